The van der Waals surface area contributed by atoms with Crippen LogP contribution in [0.15, 0.2) is 0 Å². The molecule has 0 amide bonds. The monoisotopic (exact) mass is 224 g/mol. The summed E-state index contributed by atoms with van der Waals surface area (Å²) in [6.07, 6.45) is 0. The van der Waals surface area contributed by atoms with Crippen LogP contribution in [0.3, 0.4) is 0 Å². The summed E-state index contributed by atoms with van der Waals surface area (Å²) in [7, 11) is -0.409. The molecule has 0 unspecified atom stereocenters. The van der Waals surface area contributed by atoms with Crippen LogP contribution in [0.2, 0.25) is 0 Å². The van der Waals surface area contributed by atoms with Crippen molar-refractivity contribution >= 4 is 7.82 Å². The molecule has 0 aromatic rings. The number of piperazine rings is 1. The van der Waals surface area contributed by atoms with Gasteiger partial charge in [-0.2, -0.15) is 0 Å². The van der Waals surface area contributed by atoms with E-state index >= 15 is 0 Å². The first kappa shape index (κ1) is 12.1. The van der Waals surface area contributed by atoms with Crippen LogP contribution in [0.25, 0.3) is 0 Å². The first-order valence-corrected chi connectivity index (χ1v) is 6.00. The fourth-order valence-electron chi connectivity index (χ4n) is 1.46. The second-order valence-corrected chi connectivity index (χ2v) is 4.92. The Kier molecular flexibility index (Phi) is 4.06. The number of phosphoric acid groups is 1. The largest absolute Gasteiger partial charge is 0.469 e. The maximum Gasteiger partial charge on any atom is 0.469 e. The van der Waals surface area contributed by atoms with Crippen LogP contribution in [-0.2, 0) is 9.09 Å². The van der Waals surface area contributed by atoms with Crippen LogP contribution >= 0.6 is 7.82 Å². The van der Waals surface area contributed by atoms with Gasteiger partial charge in [0.15, 0.2) is 0 Å². The molecule has 1 atom stereocenters. The maximum atomic E-state index is 10.5. The molecule has 0 aromatic carbocycles. The number of hydrogen-bond acceptors (Lipinski definition) is 4. The lowest BCUT2D eigenvalue weighted by atomic mass is 10.2. The number of likely N-dealkylation sites (N-methyl/N-ethyl adjacent to an activating group) is 2. The Labute approximate surface area is 83.7 Å². The predicted molar refractivity (Wildman–Crippen MR) is 51.9 cm³/mol. The molecule has 0 saturated carbocycles. The van der Waals surface area contributed by atoms with Gasteiger partial charge in [-0.15, -0.1) is 0 Å². The molecule has 1 fully saturated rings. The molecule has 2 N–H and O–H groups in total. The molecule has 14 heavy (non-hydrogen) atoms. The molecule has 0 spiro atoms. The number of rotatable bonds is 3. The van der Waals surface area contributed by atoms with E-state index in [1.54, 1.807) is 0 Å². The van der Waals surface area contributed by atoms with Crippen molar-refractivity contribution in [2.24, 2.45) is 0 Å². The lowest BCUT2D eigenvalue weighted by Crippen LogP contribution is -2.51. The van der Waals surface area contributed by atoms with Gasteiger partial charge in [-0.1, -0.05) is 0 Å². The van der Waals surface area contributed by atoms with Gasteiger partial charge in [-0.05, 0) is 14.1 Å². The van der Waals surface area contributed by atoms with Gasteiger partial charge in [0, 0.05) is 25.7 Å². The maximum absolute atomic E-state index is 10.5. The van der Waals surface area contributed by atoms with E-state index in [1.807, 2.05) is 14.1 Å². The van der Waals surface area contributed by atoms with Gasteiger partial charge in [0.05, 0.1) is 6.61 Å². The summed E-state index contributed by atoms with van der Waals surface area (Å²) in [5.74, 6) is 0. The smallest absolute Gasteiger partial charge is 0.303 e. The van der Waals surface area contributed by atoms with Crippen LogP contribution in [0.5, 0.6) is 0 Å². The molecule has 7 heteroatoms. The Morgan fingerprint density at radius 1 is 1.43 bits per heavy atom. The molecule has 0 radical (unpaired) electrons. The molecule has 0 aromatic heterocycles. The molecule has 0 aliphatic carbocycles. The molecule has 84 valence electrons. The minimum absolute atomic E-state index is 0.0568. The van der Waals surface area contributed by atoms with Crippen LogP contribution in [0.4, 0.5) is 0 Å². The Bertz CT molecular complexity index is 232. The zero-order valence-corrected chi connectivity index (χ0v) is 9.35. The standard InChI is InChI=1S/C7H17N2O4P/c1-8-3-4-9(2)7(5-8)6-13-14(10,11)12/h7H,3-6H2,1-2H3,(H2,10,11,12)/t7-/m0/s1. The van der Waals surface area contributed by atoms with Crippen LogP contribution in [-0.4, -0.2) is 66.0 Å². The minimum Gasteiger partial charge on any atom is -0.303 e. The Balaban J connectivity index is 2.38. The lowest BCUT2D eigenvalue weighted by Gasteiger charge is -2.37. The summed E-state index contributed by atoms with van der Waals surface area (Å²) >= 11 is 0. The fraction of sp³-hybridized carbons (Fsp3) is 1.00. The van der Waals surface area contributed by atoms with Crippen molar-refractivity contribution in [1.82, 2.24) is 9.80 Å². The van der Waals surface area contributed by atoms with Crippen molar-refractivity contribution in [2.75, 3.05) is 40.3 Å². The van der Waals surface area contributed by atoms with E-state index in [0.717, 1.165) is 19.6 Å². The fourth-order valence-corrected chi connectivity index (χ4v) is 1.83. The molecular formula is C7H17N2O4P. The predicted octanol–water partition coefficient (Wildman–Crippen LogP) is -0.659. The van der Waals surface area contributed by atoms with Crippen molar-refractivity contribution in [3.05, 3.63) is 0 Å². The molecule has 1 aliphatic rings. The second-order valence-electron chi connectivity index (χ2n) is 3.68. The highest BCUT2D eigenvalue weighted by atomic mass is 31.2. The number of hydrogen-bond donors (Lipinski definition) is 2. The van der Waals surface area contributed by atoms with E-state index in [2.05, 4.69) is 14.3 Å². The Hall–Kier alpha value is 0.0300. The highest BCUT2D eigenvalue weighted by Crippen LogP contribution is 2.36. The number of nitrogens with zero attached hydrogens (tertiary/aromatic N) is 2. The van der Waals surface area contributed by atoms with Crippen molar-refractivity contribution < 1.29 is 18.9 Å². The van der Waals surface area contributed by atoms with Gasteiger partial charge in [-0.25, -0.2) is 4.57 Å². The lowest BCUT2D eigenvalue weighted by molar-refractivity contribution is 0.0657. The third kappa shape index (κ3) is 4.04. The molecule has 1 rings (SSSR count). The zero-order valence-electron chi connectivity index (χ0n) is 8.46. The van der Waals surface area contributed by atoms with Crippen LogP contribution in [0, 0.1) is 0 Å². The zero-order chi connectivity index (χ0) is 10.8. The normalized spacial score (nSPS) is 26.7. The molecule has 1 saturated heterocycles. The quantitative estimate of drug-likeness (QED) is 0.620. The molecule has 0 bridgehead atoms. The van der Waals surface area contributed by atoms with Crippen molar-refractivity contribution in [1.29, 1.82) is 0 Å². The highest BCUT2D eigenvalue weighted by molar-refractivity contribution is 7.46. The van der Waals surface area contributed by atoms with E-state index in [1.165, 1.54) is 0 Å². The average Bonchev–Trinajstić information content (AvgIpc) is 2.05. The first-order valence-electron chi connectivity index (χ1n) is 4.47. The van der Waals surface area contributed by atoms with Gasteiger partial charge in [0.1, 0.15) is 0 Å². The summed E-state index contributed by atoms with van der Waals surface area (Å²) in [5.41, 5.74) is 0. The van der Waals surface area contributed by atoms with Crippen molar-refractivity contribution in [2.45, 2.75) is 6.04 Å². The topological polar surface area (TPSA) is 73.2 Å². The highest BCUT2D eigenvalue weighted by Gasteiger charge is 2.25. The SMILES string of the molecule is CN1CCN(C)[C@H](COP(=O)(O)O)C1. The minimum atomic E-state index is -4.32. The summed E-state index contributed by atoms with van der Waals surface area (Å²) < 4.78 is 15.0. The Morgan fingerprint density at radius 2 is 2.07 bits per heavy atom. The van der Waals surface area contributed by atoms with Gasteiger partial charge in [-0.3, -0.25) is 9.42 Å². The van der Waals surface area contributed by atoms with E-state index < -0.39 is 7.82 Å². The Morgan fingerprint density at radius 3 is 2.64 bits per heavy atom. The number of phosphoric ester groups is 1. The molecular weight excluding hydrogens is 207 g/mol. The summed E-state index contributed by atoms with van der Waals surface area (Å²) in [6.45, 7) is 2.72. The van der Waals surface area contributed by atoms with E-state index in [4.69, 9.17) is 9.79 Å². The van der Waals surface area contributed by atoms with E-state index in [0.29, 0.717) is 0 Å². The third-order valence-corrected chi connectivity index (χ3v) is 2.90. The average molecular weight is 224 g/mol. The summed E-state index contributed by atoms with van der Waals surface area (Å²) in [6, 6.07) is 0.0568. The van der Waals surface area contributed by atoms with Gasteiger partial charge in [0.25, 0.3) is 0 Å². The van der Waals surface area contributed by atoms with E-state index in [-0.39, 0.29) is 12.6 Å². The van der Waals surface area contributed by atoms with Crippen molar-refractivity contribution in [3.8, 4) is 0 Å². The summed E-state index contributed by atoms with van der Waals surface area (Å²) in [5, 5.41) is 0. The molecule has 1 heterocycles. The van der Waals surface area contributed by atoms with Crippen LogP contribution < -0.4 is 0 Å². The molecule has 1 aliphatic heterocycles. The van der Waals surface area contributed by atoms with Crippen LogP contribution in [0.1, 0.15) is 0 Å². The van der Waals surface area contributed by atoms with Gasteiger partial charge >= 0.3 is 7.82 Å². The van der Waals surface area contributed by atoms with Crippen molar-refractivity contribution in [3.63, 3.8) is 0 Å². The van der Waals surface area contributed by atoms with Gasteiger partial charge in [0.2, 0.25) is 0 Å². The van der Waals surface area contributed by atoms with E-state index in [9.17, 15) is 4.57 Å². The first-order chi connectivity index (χ1) is 6.38. The summed E-state index contributed by atoms with van der Waals surface area (Å²) in [4.78, 5) is 21.3. The second kappa shape index (κ2) is 4.70. The van der Waals surface area contributed by atoms with Gasteiger partial charge < -0.3 is 14.7 Å². The third-order valence-electron chi connectivity index (χ3n) is 2.42. The molecule has 6 nitrogen and oxygen atoms in total.